The van der Waals surface area contributed by atoms with Gasteiger partial charge in [-0.2, -0.15) is 0 Å². The van der Waals surface area contributed by atoms with Gasteiger partial charge in [-0.25, -0.2) is 0 Å². The molecule has 0 spiro atoms. The fourth-order valence-corrected chi connectivity index (χ4v) is 3.12. The van der Waals surface area contributed by atoms with Crippen LogP contribution in [0.1, 0.15) is 43.1 Å². The van der Waals surface area contributed by atoms with Crippen molar-refractivity contribution in [1.82, 2.24) is 9.80 Å². The molecule has 0 radical (unpaired) electrons. The van der Waals surface area contributed by atoms with Crippen molar-refractivity contribution in [2.75, 3.05) is 32.7 Å². The summed E-state index contributed by atoms with van der Waals surface area (Å²) in [4.78, 5) is 17.1. The average Bonchev–Trinajstić information content (AvgIpc) is 2.48. The van der Waals surface area contributed by atoms with Gasteiger partial charge in [0.25, 0.3) is 0 Å². The van der Waals surface area contributed by atoms with E-state index in [0.717, 1.165) is 44.6 Å². The summed E-state index contributed by atoms with van der Waals surface area (Å²) in [6, 6.07) is 8.70. The molecule has 1 heterocycles. The fraction of sp³-hybridized carbons (Fsp3) is 0.611. The van der Waals surface area contributed by atoms with Gasteiger partial charge < -0.3 is 0 Å². The first kappa shape index (κ1) is 16.2. The summed E-state index contributed by atoms with van der Waals surface area (Å²) >= 11 is 0. The van der Waals surface area contributed by atoms with Gasteiger partial charge in [0.15, 0.2) is 5.78 Å². The topological polar surface area (TPSA) is 23.6 Å². The molecule has 3 nitrogen and oxygen atoms in total. The van der Waals surface area contributed by atoms with Crippen molar-refractivity contribution in [3.63, 3.8) is 0 Å². The molecule has 0 aromatic heterocycles. The number of hydrogen-bond acceptors (Lipinski definition) is 3. The standard InChI is InChI=1S/C18H28N2O/c1-4-6-16-7-9-17(10-8-16)18(21)14-19-11-12-20(5-2)15(3)13-19/h7-10,15H,4-6,11-14H2,1-3H3. The van der Waals surface area contributed by atoms with Gasteiger partial charge in [-0.3, -0.25) is 14.6 Å². The highest BCUT2D eigenvalue weighted by atomic mass is 16.1. The summed E-state index contributed by atoms with van der Waals surface area (Å²) in [5, 5.41) is 0. The average molecular weight is 288 g/mol. The lowest BCUT2D eigenvalue weighted by Gasteiger charge is -2.39. The number of benzene rings is 1. The second-order valence-electron chi connectivity index (χ2n) is 6.08. The SMILES string of the molecule is CCCc1ccc(C(=O)CN2CCN(CC)C(C)C2)cc1. The molecule has 1 aliphatic rings. The van der Waals surface area contributed by atoms with Crippen molar-refractivity contribution >= 4 is 5.78 Å². The fourth-order valence-electron chi connectivity index (χ4n) is 3.12. The third-order valence-electron chi connectivity index (χ3n) is 4.44. The smallest absolute Gasteiger partial charge is 0.176 e. The minimum absolute atomic E-state index is 0.246. The van der Waals surface area contributed by atoms with Crippen LogP contribution in [0.25, 0.3) is 0 Å². The second kappa shape index (κ2) is 7.71. The highest BCUT2D eigenvalue weighted by Gasteiger charge is 2.23. The molecule has 1 atom stereocenters. The lowest BCUT2D eigenvalue weighted by molar-refractivity contribution is 0.0723. The normalized spacial score (nSPS) is 20.6. The molecule has 0 amide bonds. The summed E-state index contributed by atoms with van der Waals surface area (Å²) in [7, 11) is 0. The lowest BCUT2D eigenvalue weighted by Crippen LogP contribution is -2.52. The molecule has 0 saturated carbocycles. The first-order valence-corrected chi connectivity index (χ1v) is 8.22. The van der Waals surface area contributed by atoms with Crippen LogP contribution < -0.4 is 0 Å². The highest BCUT2D eigenvalue weighted by molar-refractivity contribution is 5.97. The molecule has 1 fully saturated rings. The van der Waals surface area contributed by atoms with Crippen molar-refractivity contribution < 1.29 is 4.79 Å². The van der Waals surface area contributed by atoms with E-state index in [2.05, 4.69) is 42.7 Å². The summed E-state index contributed by atoms with van der Waals surface area (Å²) in [5.74, 6) is 0.246. The molecule has 0 bridgehead atoms. The number of rotatable bonds is 6. The van der Waals surface area contributed by atoms with Crippen LogP contribution in [-0.4, -0.2) is 54.3 Å². The van der Waals surface area contributed by atoms with Gasteiger partial charge in [-0.1, -0.05) is 44.5 Å². The molecule has 21 heavy (non-hydrogen) atoms. The Morgan fingerprint density at radius 2 is 1.90 bits per heavy atom. The summed E-state index contributed by atoms with van der Waals surface area (Å²) in [6.45, 7) is 11.3. The van der Waals surface area contributed by atoms with Crippen LogP contribution in [0, 0.1) is 0 Å². The van der Waals surface area contributed by atoms with E-state index >= 15 is 0 Å². The van der Waals surface area contributed by atoms with Crippen LogP contribution in [0.2, 0.25) is 0 Å². The maximum atomic E-state index is 12.4. The third-order valence-corrected chi connectivity index (χ3v) is 4.44. The Morgan fingerprint density at radius 1 is 1.19 bits per heavy atom. The Labute approximate surface area is 128 Å². The minimum atomic E-state index is 0.246. The first-order valence-electron chi connectivity index (χ1n) is 8.22. The van der Waals surface area contributed by atoms with E-state index in [4.69, 9.17) is 0 Å². The summed E-state index contributed by atoms with van der Waals surface area (Å²) in [5.41, 5.74) is 2.17. The predicted octanol–water partition coefficient (Wildman–Crippen LogP) is 2.85. The quantitative estimate of drug-likeness (QED) is 0.752. The molecular formula is C18H28N2O. The molecule has 1 aliphatic heterocycles. The number of carbonyl (C=O) groups excluding carboxylic acids is 1. The van der Waals surface area contributed by atoms with Crippen LogP contribution in [0.4, 0.5) is 0 Å². The van der Waals surface area contributed by atoms with Gasteiger partial charge in [0.05, 0.1) is 6.54 Å². The van der Waals surface area contributed by atoms with Crippen molar-refractivity contribution in [1.29, 1.82) is 0 Å². The van der Waals surface area contributed by atoms with E-state index in [0.29, 0.717) is 12.6 Å². The van der Waals surface area contributed by atoms with Crippen molar-refractivity contribution in [2.24, 2.45) is 0 Å². The zero-order chi connectivity index (χ0) is 15.2. The second-order valence-corrected chi connectivity index (χ2v) is 6.08. The van der Waals surface area contributed by atoms with E-state index in [1.807, 2.05) is 12.1 Å². The maximum absolute atomic E-state index is 12.4. The summed E-state index contributed by atoms with van der Waals surface area (Å²) in [6.07, 6.45) is 2.23. The van der Waals surface area contributed by atoms with Crippen LogP contribution in [0.3, 0.4) is 0 Å². The van der Waals surface area contributed by atoms with Crippen LogP contribution in [-0.2, 0) is 6.42 Å². The monoisotopic (exact) mass is 288 g/mol. The number of piperazine rings is 1. The van der Waals surface area contributed by atoms with E-state index in [1.165, 1.54) is 5.56 Å². The molecule has 1 unspecified atom stereocenters. The summed E-state index contributed by atoms with van der Waals surface area (Å²) < 4.78 is 0. The largest absolute Gasteiger partial charge is 0.298 e. The molecule has 0 aliphatic carbocycles. The molecule has 2 rings (SSSR count). The molecule has 0 N–H and O–H groups in total. The zero-order valence-corrected chi connectivity index (χ0v) is 13.6. The molecule has 1 aromatic carbocycles. The predicted molar refractivity (Wildman–Crippen MR) is 87.9 cm³/mol. The van der Waals surface area contributed by atoms with E-state index in [9.17, 15) is 4.79 Å². The van der Waals surface area contributed by atoms with E-state index < -0.39 is 0 Å². The van der Waals surface area contributed by atoms with Gasteiger partial charge >= 0.3 is 0 Å². The van der Waals surface area contributed by atoms with Crippen LogP contribution >= 0.6 is 0 Å². The Kier molecular flexibility index (Phi) is 5.95. The molecule has 3 heteroatoms. The number of likely N-dealkylation sites (N-methyl/N-ethyl adjacent to an activating group) is 1. The minimum Gasteiger partial charge on any atom is -0.298 e. The van der Waals surface area contributed by atoms with Crippen molar-refractivity contribution in [3.05, 3.63) is 35.4 Å². The third kappa shape index (κ3) is 4.39. The van der Waals surface area contributed by atoms with Gasteiger partial charge in [0.2, 0.25) is 0 Å². The van der Waals surface area contributed by atoms with Crippen LogP contribution in [0.5, 0.6) is 0 Å². The lowest BCUT2D eigenvalue weighted by atomic mass is 10.0. The van der Waals surface area contributed by atoms with Gasteiger partial charge in [0, 0.05) is 31.2 Å². The Morgan fingerprint density at radius 3 is 2.48 bits per heavy atom. The zero-order valence-electron chi connectivity index (χ0n) is 13.6. The number of carbonyl (C=O) groups is 1. The van der Waals surface area contributed by atoms with Gasteiger partial charge in [-0.05, 0) is 25.5 Å². The van der Waals surface area contributed by atoms with Crippen molar-refractivity contribution in [2.45, 2.75) is 39.7 Å². The Hall–Kier alpha value is -1.19. The van der Waals surface area contributed by atoms with Gasteiger partial charge in [-0.15, -0.1) is 0 Å². The molecule has 1 aromatic rings. The molecule has 116 valence electrons. The van der Waals surface area contributed by atoms with E-state index in [1.54, 1.807) is 0 Å². The maximum Gasteiger partial charge on any atom is 0.176 e. The molecular weight excluding hydrogens is 260 g/mol. The number of aryl methyl sites for hydroxylation is 1. The first-order chi connectivity index (χ1) is 10.1. The van der Waals surface area contributed by atoms with Crippen LogP contribution in [0.15, 0.2) is 24.3 Å². The van der Waals surface area contributed by atoms with Crippen molar-refractivity contribution in [3.8, 4) is 0 Å². The number of nitrogens with zero attached hydrogens (tertiary/aromatic N) is 2. The number of ketones is 1. The number of Topliss-reactive ketones (excluding diaryl/α,β-unsaturated/α-hetero) is 1. The van der Waals surface area contributed by atoms with Gasteiger partial charge in [0.1, 0.15) is 0 Å². The Bertz CT molecular complexity index is 455. The number of hydrogen-bond donors (Lipinski definition) is 0. The Balaban J connectivity index is 1.89. The van der Waals surface area contributed by atoms with E-state index in [-0.39, 0.29) is 5.78 Å². The highest BCUT2D eigenvalue weighted by Crippen LogP contribution is 2.12. The molecule has 1 saturated heterocycles.